The number of piperidine rings is 1. The Morgan fingerprint density at radius 2 is 2.13 bits per heavy atom. The average Bonchev–Trinajstić information content (AvgIpc) is 3.04. The van der Waals surface area contributed by atoms with Gasteiger partial charge >= 0.3 is 0 Å². The molecule has 7 heteroatoms. The van der Waals surface area contributed by atoms with Crippen molar-refractivity contribution in [2.45, 2.75) is 25.3 Å². The molecule has 3 N–H and O–H groups in total. The minimum absolute atomic E-state index is 0.0765. The minimum atomic E-state index is -0.587. The molecule has 0 unspecified atom stereocenters. The van der Waals surface area contributed by atoms with Gasteiger partial charge in [-0.3, -0.25) is 14.7 Å². The summed E-state index contributed by atoms with van der Waals surface area (Å²) < 4.78 is 0. The second-order valence-corrected chi connectivity index (χ2v) is 6.03. The number of nitrogens with zero attached hydrogens (tertiary/aromatic N) is 2. The molecule has 0 bridgehead atoms. The summed E-state index contributed by atoms with van der Waals surface area (Å²) in [6.45, 7) is 0.654. The van der Waals surface area contributed by atoms with Crippen LogP contribution in [0.5, 0.6) is 0 Å². The molecule has 0 spiro atoms. The number of aromatic amines is 1. The number of amides is 2. The van der Waals surface area contributed by atoms with Crippen LogP contribution in [0.3, 0.4) is 0 Å². The lowest BCUT2D eigenvalue weighted by Gasteiger charge is -2.35. The molecule has 120 valence electrons. The van der Waals surface area contributed by atoms with Crippen molar-refractivity contribution in [3.63, 3.8) is 0 Å². The van der Waals surface area contributed by atoms with Gasteiger partial charge in [0.05, 0.1) is 11.7 Å². The van der Waals surface area contributed by atoms with E-state index in [0.29, 0.717) is 17.1 Å². The van der Waals surface area contributed by atoms with E-state index in [2.05, 4.69) is 10.2 Å². The van der Waals surface area contributed by atoms with Crippen molar-refractivity contribution in [2.75, 3.05) is 6.54 Å². The van der Waals surface area contributed by atoms with Crippen LogP contribution in [0.2, 0.25) is 5.02 Å². The van der Waals surface area contributed by atoms with Crippen LogP contribution in [0.15, 0.2) is 30.3 Å². The van der Waals surface area contributed by atoms with Gasteiger partial charge in [-0.15, -0.1) is 0 Å². The maximum atomic E-state index is 12.8. The van der Waals surface area contributed by atoms with E-state index in [9.17, 15) is 9.59 Å². The predicted molar refractivity (Wildman–Crippen MR) is 86.2 cm³/mol. The van der Waals surface area contributed by atoms with Gasteiger partial charge in [0.25, 0.3) is 11.8 Å². The molecule has 2 amide bonds. The van der Waals surface area contributed by atoms with Gasteiger partial charge < -0.3 is 10.6 Å². The average molecular weight is 333 g/mol. The van der Waals surface area contributed by atoms with Crippen molar-refractivity contribution in [1.82, 2.24) is 15.1 Å². The van der Waals surface area contributed by atoms with Gasteiger partial charge in [0.2, 0.25) is 0 Å². The zero-order chi connectivity index (χ0) is 16.4. The number of benzene rings is 1. The largest absolute Gasteiger partial charge is 0.364 e. The topological polar surface area (TPSA) is 92.1 Å². The maximum absolute atomic E-state index is 12.8. The SMILES string of the molecule is NC(=O)c1cc([C@H]2CCCCN2C(=O)c2cccc(Cl)c2)[nH]n1. The Balaban J connectivity index is 1.88. The Bertz CT molecular complexity index is 743. The second-order valence-electron chi connectivity index (χ2n) is 5.59. The number of hydrogen-bond acceptors (Lipinski definition) is 3. The molecule has 3 rings (SSSR count). The van der Waals surface area contributed by atoms with Gasteiger partial charge in [0, 0.05) is 17.1 Å². The molecule has 1 aromatic heterocycles. The number of primary amides is 1. The van der Waals surface area contributed by atoms with E-state index in [-0.39, 0.29) is 17.6 Å². The third-order valence-corrected chi connectivity index (χ3v) is 4.28. The van der Waals surface area contributed by atoms with Crippen LogP contribution >= 0.6 is 11.6 Å². The molecule has 0 saturated carbocycles. The Morgan fingerprint density at radius 3 is 2.83 bits per heavy atom. The molecular formula is C16H17ClN4O2. The van der Waals surface area contributed by atoms with E-state index < -0.39 is 5.91 Å². The number of nitrogens with two attached hydrogens (primary N) is 1. The summed E-state index contributed by atoms with van der Waals surface area (Å²) in [6.07, 6.45) is 2.77. The molecule has 23 heavy (non-hydrogen) atoms. The molecule has 1 aliphatic heterocycles. The summed E-state index contributed by atoms with van der Waals surface area (Å²) >= 11 is 5.98. The number of likely N-dealkylation sites (tertiary alicyclic amines) is 1. The van der Waals surface area contributed by atoms with Crippen molar-refractivity contribution >= 4 is 23.4 Å². The van der Waals surface area contributed by atoms with Crippen LogP contribution in [0.4, 0.5) is 0 Å². The minimum Gasteiger partial charge on any atom is -0.364 e. The number of nitrogens with one attached hydrogen (secondary N) is 1. The van der Waals surface area contributed by atoms with Gasteiger partial charge in [-0.2, -0.15) is 5.10 Å². The summed E-state index contributed by atoms with van der Waals surface area (Å²) in [5.41, 5.74) is 6.71. The van der Waals surface area contributed by atoms with Gasteiger partial charge in [0.1, 0.15) is 5.69 Å². The zero-order valence-electron chi connectivity index (χ0n) is 12.5. The normalized spacial score (nSPS) is 18.0. The highest BCUT2D eigenvalue weighted by atomic mass is 35.5. The zero-order valence-corrected chi connectivity index (χ0v) is 13.2. The van der Waals surface area contributed by atoms with E-state index in [0.717, 1.165) is 25.0 Å². The van der Waals surface area contributed by atoms with Crippen LogP contribution in [-0.2, 0) is 0 Å². The van der Waals surface area contributed by atoms with E-state index in [4.69, 9.17) is 17.3 Å². The molecule has 1 fully saturated rings. The lowest BCUT2D eigenvalue weighted by atomic mass is 9.98. The van der Waals surface area contributed by atoms with Crippen LogP contribution < -0.4 is 5.73 Å². The Kier molecular flexibility index (Phi) is 4.34. The molecule has 1 atom stereocenters. The molecule has 1 aromatic carbocycles. The molecule has 2 aromatic rings. The van der Waals surface area contributed by atoms with Crippen LogP contribution in [0.25, 0.3) is 0 Å². The van der Waals surface area contributed by atoms with Crippen molar-refractivity contribution in [2.24, 2.45) is 5.73 Å². The van der Waals surface area contributed by atoms with Crippen LogP contribution in [0, 0.1) is 0 Å². The summed E-state index contributed by atoms with van der Waals surface area (Å²) in [6, 6.07) is 8.39. The number of carbonyl (C=O) groups is 2. The molecule has 0 aliphatic carbocycles. The van der Waals surface area contributed by atoms with E-state index in [1.165, 1.54) is 0 Å². The van der Waals surface area contributed by atoms with Crippen LogP contribution in [-0.4, -0.2) is 33.5 Å². The van der Waals surface area contributed by atoms with Crippen molar-refractivity contribution in [1.29, 1.82) is 0 Å². The van der Waals surface area contributed by atoms with Crippen molar-refractivity contribution in [3.8, 4) is 0 Å². The first-order valence-electron chi connectivity index (χ1n) is 7.48. The second kappa shape index (κ2) is 6.42. The highest BCUT2D eigenvalue weighted by Crippen LogP contribution is 2.31. The summed E-state index contributed by atoms with van der Waals surface area (Å²) in [4.78, 5) is 25.8. The molecule has 6 nitrogen and oxygen atoms in total. The maximum Gasteiger partial charge on any atom is 0.269 e. The Morgan fingerprint density at radius 1 is 1.30 bits per heavy atom. The smallest absolute Gasteiger partial charge is 0.269 e. The number of hydrogen-bond donors (Lipinski definition) is 2. The van der Waals surface area contributed by atoms with Gasteiger partial charge in [0.15, 0.2) is 0 Å². The fourth-order valence-corrected chi connectivity index (χ4v) is 3.11. The van der Waals surface area contributed by atoms with E-state index in [1.54, 1.807) is 35.2 Å². The summed E-state index contributed by atoms with van der Waals surface area (Å²) in [7, 11) is 0. The van der Waals surface area contributed by atoms with E-state index in [1.807, 2.05) is 0 Å². The highest BCUT2D eigenvalue weighted by Gasteiger charge is 2.30. The standard InChI is InChI=1S/C16H17ClN4O2/c17-11-5-3-4-10(8-11)16(23)21-7-2-1-6-14(21)12-9-13(15(18)22)20-19-12/h3-5,8-9,14H,1-2,6-7H2,(H2,18,22)(H,19,20)/t14-/m1/s1. The number of aromatic nitrogens is 2. The van der Waals surface area contributed by atoms with E-state index >= 15 is 0 Å². The number of rotatable bonds is 3. The monoisotopic (exact) mass is 332 g/mol. The van der Waals surface area contributed by atoms with Gasteiger partial charge in [-0.1, -0.05) is 17.7 Å². The van der Waals surface area contributed by atoms with Gasteiger partial charge in [-0.25, -0.2) is 0 Å². The molecule has 1 aliphatic rings. The highest BCUT2D eigenvalue weighted by molar-refractivity contribution is 6.30. The van der Waals surface area contributed by atoms with Crippen molar-refractivity contribution in [3.05, 3.63) is 52.3 Å². The fourth-order valence-electron chi connectivity index (χ4n) is 2.92. The molecular weight excluding hydrogens is 316 g/mol. The number of carbonyl (C=O) groups excluding carboxylic acids is 2. The third kappa shape index (κ3) is 3.22. The molecule has 1 saturated heterocycles. The van der Waals surface area contributed by atoms with Gasteiger partial charge in [-0.05, 0) is 43.5 Å². The lowest BCUT2D eigenvalue weighted by molar-refractivity contribution is 0.0606. The quantitative estimate of drug-likeness (QED) is 0.904. The fraction of sp³-hybridized carbons (Fsp3) is 0.312. The summed E-state index contributed by atoms with van der Waals surface area (Å²) in [5, 5.41) is 7.28. The first kappa shape index (κ1) is 15.6. The van der Waals surface area contributed by atoms with Crippen molar-refractivity contribution < 1.29 is 9.59 Å². The summed E-state index contributed by atoms with van der Waals surface area (Å²) in [5.74, 6) is -0.663. The number of H-pyrrole nitrogens is 1. The third-order valence-electron chi connectivity index (χ3n) is 4.04. The molecule has 2 heterocycles. The number of halogens is 1. The predicted octanol–water partition coefficient (Wildman–Crippen LogP) is 2.53. The first-order valence-corrected chi connectivity index (χ1v) is 7.85. The Hall–Kier alpha value is -2.34. The lowest BCUT2D eigenvalue weighted by Crippen LogP contribution is -2.38. The Labute approximate surface area is 138 Å². The van der Waals surface area contributed by atoms with Crippen LogP contribution in [0.1, 0.15) is 51.8 Å². The molecule has 0 radical (unpaired) electrons. The first-order chi connectivity index (χ1) is 11.1.